The lowest BCUT2D eigenvalue weighted by Crippen LogP contribution is -2.33. The molecule has 0 aromatic heterocycles. The number of rotatable bonds is 5. The van der Waals surface area contributed by atoms with Gasteiger partial charge in [-0.1, -0.05) is 6.07 Å². The molecule has 0 heterocycles. The number of hydrogen-bond acceptors (Lipinski definition) is 3. The first-order chi connectivity index (χ1) is 9.17. The number of nitrogens with one attached hydrogen (secondary N) is 2. The zero-order valence-corrected chi connectivity index (χ0v) is 12.5. The van der Waals surface area contributed by atoms with E-state index in [1.807, 2.05) is 26.8 Å². The van der Waals surface area contributed by atoms with Crippen LogP contribution in [0.25, 0.3) is 0 Å². The highest BCUT2D eigenvalue weighted by molar-refractivity contribution is 5.94. The molecule has 0 unspecified atom stereocenters. The summed E-state index contributed by atoms with van der Waals surface area (Å²) in [5.74, 6) is -0.220. The van der Waals surface area contributed by atoms with Crippen LogP contribution in [-0.2, 0) is 9.59 Å². The van der Waals surface area contributed by atoms with Crippen LogP contribution in [0.15, 0.2) is 18.2 Å². The van der Waals surface area contributed by atoms with Gasteiger partial charge < -0.3 is 16.4 Å². The number of hydrogen-bond donors (Lipinski definition) is 3. The van der Waals surface area contributed by atoms with Gasteiger partial charge >= 0.3 is 0 Å². The molecule has 5 heteroatoms. The Kier molecular flexibility index (Phi) is 5.27. The van der Waals surface area contributed by atoms with Crippen molar-refractivity contribution in [2.45, 2.75) is 46.1 Å². The first-order valence-corrected chi connectivity index (χ1v) is 6.64. The molecule has 4 N–H and O–H groups in total. The van der Waals surface area contributed by atoms with E-state index in [-0.39, 0.29) is 17.4 Å². The highest BCUT2D eigenvalue weighted by Gasteiger charge is 2.14. The SMILES string of the molecule is CC(=O)Nc1ccc(C)c(NC(=O)CCC(C)(C)N)c1. The molecule has 1 rings (SSSR count). The topological polar surface area (TPSA) is 84.2 Å². The summed E-state index contributed by atoms with van der Waals surface area (Å²) in [6.45, 7) is 7.13. The van der Waals surface area contributed by atoms with Crippen molar-refractivity contribution in [2.24, 2.45) is 5.73 Å². The predicted octanol–water partition coefficient (Wildman–Crippen LogP) is 2.41. The molecule has 1 aromatic rings. The Morgan fingerprint density at radius 3 is 2.45 bits per heavy atom. The van der Waals surface area contributed by atoms with E-state index < -0.39 is 0 Å². The zero-order valence-electron chi connectivity index (χ0n) is 12.5. The molecule has 5 nitrogen and oxygen atoms in total. The van der Waals surface area contributed by atoms with E-state index in [0.29, 0.717) is 24.2 Å². The summed E-state index contributed by atoms with van der Waals surface area (Å²) in [6, 6.07) is 5.41. The fraction of sp³-hybridized carbons (Fsp3) is 0.467. The summed E-state index contributed by atoms with van der Waals surface area (Å²) in [5, 5.41) is 5.54. The molecule has 0 atom stereocenters. The molecule has 0 radical (unpaired) electrons. The van der Waals surface area contributed by atoms with Gasteiger partial charge in [-0.2, -0.15) is 0 Å². The zero-order chi connectivity index (χ0) is 15.3. The van der Waals surface area contributed by atoms with Crippen molar-refractivity contribution in [2.75, 3.05) is 10.6 Å². The van der Waals surface area contributed by atoms with Gasteiger partial charge in [-0.3, -0.25) is 9.59 Å². The molecule has 0 aliphatic rings. The van der Waals surface area contributed by atoms with Crippen LogP contribution >= 0.6 is 0 Å². The normalized spacial score (nSPS) is 11.1. The van der Waals surface area contributed by atoms with Crippen LogP contribution < -0.4 is 16.4 Å². The second-order valence-electron chi connectivity index (χ2n) is 5.75. The fourth-order valence-corrected chi connectivity index (χ4v) is 1.69. The summed E-state index contributed by atoms with van der Waals surface area (Å²) >= 11 is 0. The largest absolute Gasteiger partial charge is 0.326 e. The van der Waals surface area contributed by atoms with Crippen molar-refractivity contribution in [1.29, 1.82) is 0 Å². The van der Waals surface area contributed by atoms with E-state index in [2.05, 4.69) is 10.6 Å². The van der Waals surface area contributed by atoms with Crippen molar-refractivity contribution >= 4 is 23.2 Å². The highest BCUT2D eigenvalue weighted by atomic mass is 16.2. The smallest absolute Gasteiger partial charge is 0.224 e. The van der Waals surface area contributed by atoms with Crippen LogP contribution in [0.4, 0.5) is 11.4 Å². The summed E-state index contributed by atoms with van der Waals surface area (Å²) in [4.78, 5) is 22.9. The van der Waals surface area contributed by atoms with Crippen molar-refractivity contribution in [3.05, 3.63) is 23.8 Å². The Labute approximate surface area is 119 Å². The van der Waals surface area contributed by atoms with Gasteiger partial charge in [0, 0.05) is 30.3 Å². The van der Waals surface area contributed by atoms with Gasteiger partial charge in [0.15, 0.2) is 0 Å². The van der Waals surface area contributed by atoms with Gasteiger partial charge in [-0.15, -0.1) is 0 Å². The van der Waals surface area contributed by atoms with E-state index >= 15 is 0 Å². The van der Waals surface area contributed by atoms with E-state index in [1.165, 1.54) is 6.92 Å². The number of aryl methyl sites for hydroxylation is 1. The molecule has 0 aliphatic carbocycles. The van der Waals surface area contributed by atoms with Crippen molar-refractivity contribution in [3.8, 4) is 0 Å². The molecular weight excluding hydrogens is 254 g/mol. The van der Waals surface area contributed by atoms with Gasteiger partial charge in [0.1, 0.15) is 0 Å². The van der Waals surface area contributed by atoms with Crippen LogP contribution in [0.5, 0.6) is 0 Å². The lowest BCUT2D eigenvalue weighted by atomic mass is 10.00. The minimum atomic E-state index is -0.357. The molecular formula is C15H23N3O2. The Morgan fingerprint density at radius 2 is 1.90 bits per heavy atom. The van der Waals surface area contributed by atoms with Crippen molar-refractivity contribution in [3.63, 3.8) is 0 Å². The van der Waals surface area contributed by atoms with Crippen LogP contribution in [0.2, 0.25) is 0 Å². The summed E-state index contributed by atoms with van der Waals surface area (Å²) in [5.41, 5.74) is 7.81. The number of amides is 2. The number of anilines is 2. The molecule has 110 valence electrons. The molecule has 20 heavy (non-hydrogen) atoms. The monoisotopic (exact) mass is 277 g/mol. The van der Waals surface area contributed by atoms with E-state index in [0.717, 1.165) is 5.56 Å². The second kappa shape index (κ2) is 6.52. The Hall–Kier alpha value is -1.88. The van der Waals surface area contributed by atoms with E-state index in [4.69, 9.17) is 5.73 Å². The van der Waals surface area contributed by atoms with Gasteiger partial charge in [0.25, 0.3) is 0 Å². The molecule has 0 bridgehead atoms. The van der Waals surface area contributed by atoms with Crippen LogP contribution in [-0.4, -0.2) is 17.4 Å². The third-order valence-electron chi connectivity index (χ3n) is 2.83. The maximum absolute atomic E-state index is 11.9. The van der Waals surface area contributed by atoms with Crippen LogP contribution in [0.1, 0.15) is 39.2 Å². The van der Waals surface area contributed by atoms with E-state index in [9.17, 15) is 9.59 Å². The maximum atomic E-state index is 11.9. The lowest BCUT2D eigenvalue weighted by Gasteiger charge is -2.18. The van der Waals surface area contributed by atoms with Crippen LogP contribution in [0, 0.1) is 6.92 Å². The first kappa shape index (κ1) is 16.2. The lowest BCUT2D eigenvalue weighted by molar-refractivity contribution is -0.116. The molecule has 0 saturated heterocycles. The third kappa shape index (κ3) is 5.84. The Balaban J connectivity index is 2.71. The number of benzene rings is 1. The summed E-state index contributed by atoms with van der Waals surface area (Å²) in [6.07, 6.45) is 0.983. The van der Waals surface area contributed by atoms with Crippen LogP contribution in [0.3, 0.4) is 0 Å². The first-order valence-electron chi connectivity index (χ1n) is 6.64. The van der Waals surface area contributed by atoms with Gasteiger partial charge in [0.05, 0.1) is 0 Å². The minimum absolute atomic E-state index is 0.0772. The van der Waals surface area contributed by atoms with Gasteiger partial charge in [-0.25, -0.2) is 0 Å². The maximum Gasteiger partial charge on any atom is 0.224 e. The quantitative estimate of drug-likeness (QED) is 0.772. The number of carbonyl (C=O) groups excluding carboxylic acids is 2. The average molecular weight is 277 g/mol. The average Bonchev–Trinajstić information content (AvgIpc) is 2.29. The predicted molar refractivity (Wildman–Crippen MR) is 81.6 cm³/mol. The summed E-state index contributed by atoms with van der Waals surface area (Å²) < 4.78 is 0. The second-order valence-corrected chi connectivity index (χ2v) is 5.75. The molecule has 1 aromatic carbocycles. The highest BCUT2D eigenvalue weighted by Crippen LogP contribution is 2.21. The Morgan fingerprint density at radius 1 is 1.25 bits per heavy atom. The minimum Gasteiger partial charge on any atom is -0.326 e. The van der Waals surface area contributed by atoms with Gasteiger partial charge in [-0.05, 0) is 44.9 Å². The van der Waals surface area contributed by atoms with Crippen molar-refractivity contribution in [1.82, 2.24) is 0 Å². The molecule has 0 saturated carbocycles. The van der Waals surface area contributed by atoms with Crippen molar-refractivity contribution < 1.29 is 9.59 Å². The summed E-state index contributed by atoms with van der Waals surface area (Å²) in [7, 11) is 0. The molecule has 0 aliphatic heterocycles. The van der Waals surface area contributed by atoms with E-state index in [1.54, 1.807) is 12.1 Å². The third-order valence-corrected chi connectivity index (χ3v) is 2.83. The molecule has 0 fully saturated rings. The fourth-order valence-electron chi connectivity index (χ4n) is 1.69. The van der Waals surface area contributed by atoms with Gasteiger partial charge in [0.2, 0.25) is 11.8 Å². The Bertz CT molecular complexity index is 504. The molecule has 0 spiro atoms. The standard InChI is InChI=1S/C15H23N3O2/c1-10-5-6-12(17-11(2)19)9-13(10)18-14(20)7-8-15(3,4)16/h5-6,9H,7-8,16H2,1-4H3,(H,17,19)(H,18,20). The number of carbonyl (C=O) groups is 2. The number of nitrogens with two attached hydrogens (primary N) is 1. The molecule has 2 amide bonds.